The van der Waals surface area contributed by atoms with E-state index in [1.165, 1.54) is 7.11 Å². The molecule has 1 amide bonds. The highest BCUT2D eigenvalue weighted by Crippen LogP contribution is 2.43. The molecule has 1 heterocycles. The van der Waals surface area contributed by atoms with Gasteiger partial charge < -0.3 is 14.6 Å². The van der Waals surface area contributed by atoms with E-state index in [1.54, 1.807) is 48.5 Å². The van der Waals surface area contributed by atoms with Crippen molar-refractivity contribution in [2.24, 2.45) is 5.92 Å². The zero-order valence-electron chi connectivity index (χ0n) is 21.0. The van der Waals surface area contributed by atoms with Crippen molar-refractivity contribution in [3.05, 3.63) is 95.1 Å². The topological polar surface area (TPSA) is 76.1 Å². The van der Waals surface area contributed by atoms with Gasteiger partial charge in [0.15, 0.2) is 0 Å². The van der Waals surface area contributed by atoms with Crippen LogP contribution in [0.15, 0.2) is 78.4 Å². The fraction of sp³-hybridized carbons (Fsp3) is 0.241. The molecule has 4 rings (SSSR count). The maximum absolute atomic E-state index is 13.3. The summed E-state index contributed by atoms with van der Waals surface area (Å²) < 4.78 is 50.5. The van der Waals surface area contributed by atoms with Crippen LogP contribution in [0.2, 0.25) is 0 Å². The van der Waals surface area contributed by atoms with Gasteiger partial charge in [0, 0.05) is 11.3 Å². The molecule has 1 N–H and O–H groups in total. The van der Waals surface area contributed by atoms with Gasteiger partial charge in [0.2, 0.25) is 0 Å². The summed E-state index contributed by atoms with van der Waals surface area (Å²) in [5.74, 6) is -1.22. The molecule has 3 aromatic rings. The maximum Gasteiger partial charge on any atom is 0.416 e. The first-order chi connectivity index (χ1) is 18.0. The first-order valence-corrected chi connectivity index (χ1v) is 11.9. The molecule has 0 bridgehead atoms. The Balaban J connectivity index is 1.86. The number of alkyl halides is 3. The fourth-order valence-electron chi connectivity index (χ4n) is 4.19. The number of halogens is 3. The average molecular weight is 526 g/mol. The summed E-state index contributed by atoms with van der Waals surface area (Å²) in [6.45, 7) is 4.41. The second-order valence-corrected chi connectivity index (χ2v) is 9.22. The van der Waals surface area contributed by atoms with Gasteiger partial charge in [-0.2, -0.15) is 13.2 Å². The van der Waals surface area contributed by atoms with E-state index < -0.39 is 35.2 Å². The SMILES string of the molecule is COc1cccc(C2/C(=C(\O)c3cccc(OCC(C)C)c3)C(=O)C(=O)N2c2ccc(C(F)(F)F)cc2)c1. The van der Waals surface area contributed by atoms with Crippen LogP contribution in [0.25, 0.3) is 5.76 Å². The fourth-order valence-corrected chi connectivity index (χ4v) is 4.19. The van der Waals surface area contributed by atoms with Crippen LogP contribution in [-0.4, -0.2) is 30.5 Å². The molecule has 198 valence electrons. The third-order valence-corrected chi connectivity index (χ3v) is 6.02. The lowest BCUT2D eigenvalue weighted by molar-refractivity contribution is -0.137. The molecule has 1 atom stereocenters. The third-order valence-electron chi connectivity index (χ3n) is 6.02. The smallest absolute Gasteiger partial charge is 0.416 e. The number of aliphatic hydroxyl groups is 1. The summed E-state index contributed by atoms with van der Waals surface area (Å²) >= 11 is 0. The van der Waals surface area contributed by atoms with Gasteiger partial charge in [0.25, 0.3) is 11.7 Å². The zero-order chi connectivity index (χ0) is 27.6. The normalized spacial score (nSPS) is 17.2. The molecule has 1 fully saturated rings. The van der Waals surface area contributed by atoms with Crippen molar-refractivity contribution < 1.29 is 37.3 Å². The van der Waals surface area contributed by atoms with E-state index in [0.29, 0.717) is 23.7 Å². The first-order valence-electron chi connectivity index (χ1n) is 11.9. The summed E-state index contributed by atoms with van der Waals surface area (Å²) in [7, 11) is 1.45. The van der Waals surface area contributed by atoms with Crippen molar-refractivity contribution in [2.75, 3.05) is 18.6 Å². The monoisotopic (exact) mass is 525 g/mol. The summed E-state index contributed by atoms with van der Waals surface area (Å²) in [5, 5.41) is 11.3. The van der Waals surface area contributed by atoms with E-state index in [-0.39, 0.29) is 22.7 Å². The van der Waals surface area contributed by atoms with E-state index in [2.05, 4.69) is 0 Å². The Morgan fingerprint density at radius 1 is 0.974 bits per heavy atom. The summed E-state index contributed by atoms with van der Waals surface area (Å²) in [5.41, 5.74) is -0.346. The van der Waals surface area contributed by atoms with Gasteiger partial charge in [-0.05, 0) is 60.0 Å². The third kappa shape index (κ3) is 5.37. The second-order valence-electron chi connectivity index (χ2n) is 9.22. The number of hydrogen-bond acceptors (Lipinski definition) is 5. The van der Waals surface area contributed by atoms with Crippen LogP contribution in [-0.2, 0) is 15.8 Å². The minimum Gasteiger partial charge on any atom is -0.507 e. The minimum absolute atomic E-state index is 0.0704. The molecular weight excluding hydrogens is 499 g/mol. The van der Waals surface area contributed by atoms with Crippen LogP contribution >= 0.6 is 0 Å². The molecule has 9 heteroatoms. The Labute approximate surface area is 217 Å². The Bertz CT molecular complexity index is 1380. The molecule has 0 saturated carbocycles. The minimum atomic E-state index is -4.57. The van der Waals surface area contributed by atoms with Crippen LogP contribution < -0.4 is 14.4 Å². The molecule has 1 saturated heterocycles. The molecule has 1 unspecified atom stereocenters. The van der Waals surface area contributed by atoms with Crippen molar-refractivity contribution >= 4 is 23.1 Å². The van der Waals surface area contributed by atoms with Gasteiger partial charge in [-0.15, -0.1) is 0 Å². The largest absolute Gasteiger partial charge is 0.507 e. The molecule has 1 aliphatic heterocycles. The van der Waals surface area contributed by atoms with Crippen LogP contribution in [0.4, 0.5) is 18.9 Å². The van der Waals surface area contributed by atoms with Crippen molar-refractivity contribution in [1.29, 1.82) is 0 Å². The van der Waals surface area contributed by atoms with E-state index >= 15 is 0 Å². The van der Waals surface area contributed by atoms with E-state index in [1.807, 2.05) is 13.8 Å². The Morgan fingerprint density at radius 2 is 1.63 bits per heavy atom. The lowest BCUT2D eigenvalue weighted by Gasteiger charge is -2.26. The number of benzene rings is 3. The van der Waals surface area contributed by atoms with Crippen molar-refractivity contribution in [1.82, 2.24) is 0 Å². The van der Waals surface area contributed by atoms with Gasteiger partial charge >= 0.3 is 6.18 Å². The second kappa shape index (κ2) is 10.6. The summed E-state index contributed by atoms with van der Waals surface area (Å²) in [6.07, 6.45) is -4.57. The van der Waals surface area contributed by atoms with Gasteiger partial charge in [-0.3, -0.25) is 14.5 Å². The number of hydrogen-bond donors (Lipinski definition) is 1. The Hall–Kier alpha value is -4.27. The molecule has 6 nitrogen and oxygen atoms in total. The number of ketones is 1. The number of carbonyl (C=O) groups is 2. The quantitative estimate of drug-likeness (QED) is 0.220. The highest BCUT2D eigenvalue weighted by molar-refractivity contribution is 6.51. The first kappa shape index (κ1) is 26.8. The number of methoxy groups -OCH3 is 1. The Morgan fingerprint density at radius 3 is 2.26 bits per heavy atom. The number of nitrogens with zero attached hydrogens (tertiary/aromatic N) is 1. The maximum atomic E-state index is 13.3. The standard InChI is InChI=1S/C29H26F3NO5/c1-17(2)16-38-23-9-5-7-19(15-23)26(34)24-25(18-6-4-8-22(14-18)37-3)33(28(36)27(24)35)21-12-10-20(11-13-21)29(30,31)32/h4-15,17,25,34H,16H2,1-3H3/b26-24+. The number of anilines is 1. The Kier molecular flexibility index (Phi) is 7.48. The number of Topliss-reactive ketones (excluding diaryl/α,β-unsaturated/α-hetero) is 1. The summed E-state index contributed by atoms with van der Waals surface area (Å²) in [4.78, 5) is 27.7. The van der Waals surface area contributed by atoms with E-state index in [0.717, 1.165) is 29.2 Å². The van der Waals surface area contributed by atoms with Crippen LogP contribution in [0, 0.1) is 5.92 Å². The van der Waals surface area contributed by atoms with Crippen molar-refractivity contribution in [2.45, 2.75) is 26.1 Å². The highest BCUT2D eigenvalue weighted by Gasteiger charge is 2.47. The lowest BCUT2D eigenvalue weighted by Crippen LogP contribution is -2.29. The molecule has 0 spiro atoms. The van der Waals surface area contributed by atoms with Crippen molar-refractivity contribution in [3.8, 4) is 11.5 Å². The van der Waals surface area contributed by atoms with Gasteiger partial charge in [-0.1, -0.05) is 38.1 Å². The number of carbonyl (C=O) groups excluding carboxylic acids is 2. The van der Waals surface area contributed by atoms with Gasteiger partial charge in [0.1, 0.15) is 17.3 Å². The molecule has 0 aromatic heterocycles. The average Bonchev–Trinajstić information content (AvgIpc) is 3.17. The highest BCUT2D eigenvalue weighted by atomic mass is 19.4. The summed E-state index contributed by atoms with van der Waals surface area (Å²) in [6, 6.07) is 15.9. The molecule has 3 aromatic carbocycles. The van der Waals surface area contributed by atoms with E-state index in [9.17, 15) is 27.9 Å². The van der Waals surface area contributed by atoms with E-state index in [4.69, 9.17) is 9.47 Å². The predicted octanol–water partition coefficient (Wildman–Crippen LogP) is 6.38. The number of rotatable bonds is 7. The number of aliphatic hydroxyl groups excluding tert-OH is 1. The van der Waals surface area contributed by atoms with Crippen LogP contribution in [0.1, 0.15) is 36.6 Å². The molecule has 1 aliphatic rings. The van der Waals surface area contributed by atoms with Gasteiger partial charge in [0.05, 0.1) is 30.9 Å². The zero-order valence-corrected chi connectivity index (χ0v) is 21.0. The number of amides is 1. The van der Waals surface area contributed by atoms with Gasteiger partial charge in [-0.25, -0.2) is 0 Å². The molecule has 38 heavy (non-hydrogen) atoms. The molecule has 0 aliphatic carbocycles. The molecular formula is C29H26F3NO5. The molecule has 0 radical (unpaired) electrons. The predicted molar refractivity (Wildman–Crippen MR) is 136 cm³/mol. The number of ether oxygens (including phenoxy) is 2. The van der Waals surface area contributed by atoms with Crippen molar-refractivity contribution in [3.63, 3.8) is 0 Å². The van der Waals surface area contributed by atoms with Crippen LogP contribution in [0.5, 0.6) is 11.5 Å². The van der Waals surface area contributed by atoms with Crippen LogP contribution in [0.3, 0.4) is 0 Å². The lowest BCUT2D eigenvalue weighted by atomic mass is 9.95.